The van der Waals surface area contributed by atoms with E-state index in [4.69, 9.17) is 4.52 Å². The summed E-state index contributed by atoms with van der Waals surface area (Å²) in [4.78, 5) is 12.0. The van der Waals surface area contributed by atoms with Crippen molar-refractivity contribution in [2.24, 2.45) is 0 Å². The van der Waals surface area contributed by atoms with Crippen LogP contribution in [0.5, 0.6) is 0 Å². The molecular formula is C9H10N3O3PS2. The summed E-state index contributed by atoms with van der Waals surface area (Å²) < 4.78 is 17.4. The second kappa shape index (κ2) is 5.44. The number of thiol groups is 1. The first-order valence-electron chi connectivity index (χ1n) is 4.89. The molecule has 0 N–H and O–H groups in total. The van der Waals surface area contributed by atoms with E-state index in [9.17, 15) is 9.36 Å². The van der Waals surface area contributed by atoms with Gasteiger partial charge in [-0.25, -0.2) is 0 Å². The molecule has 0 bridgehead atoms. The van der Waals surface area contributed by atoms with Crippen LogP contribution in [0.4, 0.5) is 0 Å². The van der Waals surface area contributed by atoms with Crippen molar-refractivity contribution in [3.05, 3.63) is 34.6 Å². The van der Waals surface area contributed by atoms with Crippen LogP contribution in [0, 0.1) is 0 Å². The fourth-order valence-electron chi connectivity index (χ4n) is 1.29. The predicted molar refractivity (Wildman–Crippen MR) is 75.0 cm³/mol. The van der Waals surface area contributed by atoms with E-state index in [1.807, 2.05) is 0 Å². The Balaban J connectivity index is 2.33. The standard InChI is InChI=1S/C9H10N3O3PS2/c1-15-16(14,17)18-6-12-9(13)7-4-2-3-5-8(7)10-11-12/h2-5H,6H2,1H3,(H,14,17). The van der Waals surface area contributed by atoms with Gasteiger partial charge < -0.3 is 4.52 Å². The van der Waals surface area contributed by atoms with Gasteiger partial charge in [-0.15, -0.1) is 5.10 Å². The molecule has 1 heterocycles. The summed E-state index contributed by atoms with van der Waals surface area (Å²) >= 11 is 4.77. The minimum Gasteiger partial charge on any atom is -0.317 e. The highest BCUT2D eigenvalue weighted by molar-refractivity contribution is 8.84. The molecule has 18 heavy (non-hydrogen) atoms. The van der Waals surface area contributed by atoms with Gasteiger partial charge in [0.1, 0.15) is 11.4 Å². The highest BCUT2D eigenvalue weighted by Gasteiger charge is 2.17. The molecule has 6 nitrogen and oxygen atoms in total. The Morgan fingerprint density at radius 1 is 1.50 bits per heavy atom. The van der Waals surface area contributed by atoms with Crippen molar-refractivity contribution in [2.75, 3.05) is 7.11 Å². The van der Waals surface area contributed by atoms with Crippen molar-refractivity contribution >= 4 is 40.3 Å². The van der Waals surface area contributed by atoms with Crippen LogP contribution in [0.1, 0.15) is 0 Å². The molecule has 2 aromatic rings. The molecule has 1 aromatic heterocycles. The van der Waals surface area contributed by atoms with E-state index in [1.54, 1.807) is 24.3 Å². The number of hydrogen-bond acceptors (Lipinski definition) is 6. The SMILES string of the molecule is COP(=O)(S)SCn1nnc2ccccc2c1=O. The Morgan fingerprint density at radius 3 is 2.94 bits per heavy atom. The molecule has 0 aliphatic rings. The Kier molecular flexibility index (Phi) is 4.11. The quantitative estimate of drug-likeness (QED) is 0.689. The Labute approximate surface area is 112 Å². The Bertz CT molecular complexity index is 675. The number of rotatable bonds is 4. The maximum atomic E-state index is 12.0. The lowest BCUT2D eigenvalue weighted by Crippen LogP contribution is -2.23. The summed E-state index contributed by atoms with van der Waals surface area (Å²) in [6.07, 6.45) is 0. The van der Waals surface area contributed by atoms with Gasteiger partial charge in [-0.05, 0) is 23.5 Å². The van der Waals surface area contributed by atoms with Crippen LogP contribution in [0.25, 0.3) is 10.9 Å². The van der Waals surface area contributed by atoms with Gasteiger partial charge in [0.15, 0.2) is 0 Å². The summed E-state index contributed by atoms with van der Waals surface area (Å²) in [5.41, 5.74) is 0.252. The molecule has 0 fully saturated rings. The number of fused-ring (bicyclic) bond motifs is 1. The van der Waals surface area contributed by atoms with Crippen molar-refractivity contribution in [2.45, 2.75) is 5.88 Å². The van der Waals surface area contributed by atoms with Gasteiger partial charge in [-0.3, -0.25) is 9.36 Å². The summed E-state index contributed by atoms with van der Waals surface area (Å²) in [6.45, 7) is 0. The molecule has 1 unspecified atom stereocenters. The second-order valence-electron chi connectivity index (χ2n) is 3.32. The number of hydrogen-bond donors (Lipinski definition) is 1. The average Bonchev–Trinajstić information content (AvgIpc) is 2.38. The Hall–Kier alpha value is -0.820. The summed E-state index contributed by atoms with van der Waals surface area (Å²) in [5.74, 6) is -2.96. The first-order chi connectivity index (χ1) is 8.53. The highest BCUT2D eigenvalue weighted by atomic mass is 33.1. The third-order valence-corrected chi connectivity index (χ3v) is 6.65. The molecule has 0 aliphatic heterocycles. The predicted octanol–water partition coefficient (Wildman–Crippen LogP) is 2.17. The van der Waals surface area contributed by atoms with Gasteiger partial charge in [0.2, 0.25) is 0 Å². The molecule has 0 radical (unpaired) electrons. The molecule has 0 spiro atoms. The minimum atomic E-state index is -3.04. The molecule has 0 saturated carbocycles. The first-order valence-corrected chi connectivity index (χ1v) is 9.26. The minimum absolute atomic E-state index is 0.0747. The van der Waals surface area contributed by atoms with Gasteiger partial charge in [-0.2, -0.15) is 4.68 Å². The third kappa shape index (κ3) is 2.95. The van der Waals surface area contributed by atoms with Crippen LogP contribution in [0.2, 0.25) is 0 Å². The lowest BCUT2D eigenvalue weighted by Gasteiger charge is -2.08. The lowest BCUT2D eigenvalue weighted by atomic mass is 10.2. The zero-order valence-electron chi connectivity index (χ0n) is 9.39. The molecule has 9 heteroatoms. The van der Waals surface area contributed by atoms with Crippen LogP contribution in [-0.2, 0) is 15.0 Å². The van der Waals surface area contributed by atoms with Crippen LogP contribution < -0.4 is 5.56 Å². The largest absolute Gasteiger partial charge is 0.317 e. The van der Waals surface area contributed by atoms with E-state index in [1.165, 1.54) is 7.11 Å². The number of nitrogens with zero attached hydrogens (tertiary/aromatic N) is 3. The second-order valence-corrected chi connectivity index (χ2v) is 9.75. The summed E-state index contributed by atoms with van der Waals surface area (Å²) in [6, 6.07) is 6.91. The third-order valence-electron chi connectivity index (χ3n) is 2.20. The van der Waals surface area contributed by atoms with Crippen molar-refractivity contribution in [1.82, 2.24) is 15.0 Å². The van der Waals surface area contributed by atoms with Gasteiger partial charge in [0.25, 0.3) is 5.56 Å². The van der Waals surface area contributed by atoms with Crippen molar-refractivity contribution in [3.8, 4) is 0 Å². The van der Waals surface area contributed by atoms with E-state index in [0.717, 1.165) is 16.1 Å². The van der Waals surface area contributed by atoms with Crippen LogP contribution in [0.3, 0.4) is 0 Å². The molecule has 2 rings (SSSR count). The summed E-state index contributed by atoms with van der Waals surface area (Å²) in [7, 11) is 1.30. The fourth-order valence-corrected chi connectivity index (χ4v) is 3.36. The molecule has 0 amide bonds. The molecule has 0 saturated heterocycles. The van der Waals surface area contributed by atoms with Gasteiger partial charge in [-0.1, -0.05) is 29.6 Å². The van der Waals surface area contributed by atoms with Gasteiger partial charge >= 0.3 is 5.77 Å². The zero-order valence-corrected chi connectivity index (χ0v) is 12.0. The molecule has 1 aromatic carbocycles. The molecule has 1 atom stereocenters. The fraction of sp³-hybridized carbons (Fsp3) is 0.222. The van der Waals surface area contributed by atoms with E-state index < -0.39 is 5.77 Å². The van der Waals surface area contributed by atoms with Crippen LogP contribution >= 0.6 is 29.4 Å². The summed E-state index contributed by atoms with van der Waals surface area (Å²) in [5, 5.41) is 8.15. The topological polar surface area (TPSA) is 74.1 Å². The van der Waals surface area contributed by atoms with E-state index in [0.29, 0.717) is 10.9 Å². The van der Waals surface area contributed by atoms with Crippen LogP contribution in [-0.4, -0.2) is 22.1 Å². The highest BCUT2D eigenvalue weighted by Crippen LogP contribution is 2.63. The maximum Gasteiger partial charge on any atom is 0.311 e. The van der Waals surface area contributed by atoms with E-state index >= 15 is 0 Å². The molecule has 96 valence electrons. The van der Waals surface area contributed by atoms with E-state index in [-0.39, 0.29) is 11.4 Å². The van der Waals surface area contributed by atoms with Crippen molar-refractivity contribution < 1.29 is 9.09 Å². The van der Waals surface area contributed by atoms with Crippen molar-refractivity contribution in [1.29, 1.82) is 0 Å². The lowest BCUT2D eigenvalue weighted by molar-refractivity contribution is 0.424. The van der Waals surface area contributed by atoms with E-state index in [2.05, 4.69) is 22.6 Å². The van der Waals surface area contributed by atoms with Gasteiger partial charge in [0.05, 0.1) is 5.39 Å². The maximum absolute atomic E-state index is 12.0. The van der Waals surface area contributed by atoms with Crippen LogP contribution in [0.15, 0.2) is 29.1 Å². The normalized spacial score (nSPS) is 14.6. The monoisotopic (exact) mass is 303 g/mol. The Morgan fingerprint density at radius 2 is 2.22 bits per heavy atom. The van der Waals surface area contributed by atoms with Gasteiger partial charge in [0, 0.05) is 7.11 Å². The number of aromatic nitrogens is 3. The number of benzene rings is 1. The first kappa shape index (κ1) is 13.6. The molecule has 0 aliphatic carbocycles. The molecular weight excluding hydrogens is 293 g/mol. The zero-order chi connectivity index (χ0) is 13.2. The van der Waals surface area contributed by atoms with Crippen molar-refractivity contribution in [3.63, 3.8) is 0 Å². The smallest absolute Gasteiger partial charge is 0.311 e. The average molecular weight is 303 g/mol.